The normalized spacial score (nSPS) is 22.3. The number of anilines is 2. The number of para-hydroxylation sites is 2. The number of nitrogens with zero attached hydrogens (tertiary/aromatic N) is 1. The van der Waals surface area contributed by atoms with E-state index in [-0.39, 0.29) is 6.17 Å². The molecule has 2 aliphatic heterocycles. The summed E-state index contributed by atoms with van der Waals surface area (Å²) in [7, 11) is 0. The molecular formula is C17H17N3. The van der Waals surface area contributed by atoms with Crippen LogP contribution >= 0.6 is 0 Å². The summed E-state index contributed by atoms with van der Waals surface area (Å²) in [5.41, 5.74) is 6.28. The standard InChI is InChI=1S/C17H17N3/c1-2-11-20-15-10-6-3-7-12(15)16-17(20)19-14-9-5-4-8-13(14)18-16/h2-6,8-10,17-19H,1,7,11H2. The van der Waals surface area contributed by atoms with Crippen molar-refractivity contribution in [3.8, 4) is 0 Å². The van der Waals surface area contributed by atoms with E-state index in [0.29, 0.717) is 0 Å². The average Bonchev–Trinajstić information content (AvgIpc) is 2.80. The Balaban J connectivity index is 1.81. The minimum Gasteiger partial charge on any atom is -0.359 e. The topological polar surface area (TPSA) is 27.3 Å². The van der Waals surface area contributed by atoms with Crippen molar-refractivity contribution in [1.82, 2.24) is 4.90 Å². The molecule has 100 valence electrons. The first-order valence-corrected chi connectivity index (χ1v) is 6.99. The summed E-state index contributed by atoms with van der Waals surface area (Å²) in [5, 5.41) is 7.25. The molecule has 0 spiro atoms. The van der Waals surface area contributed by atoms with Crippen molar-refractivity contribution in [2.45, 2.75) is 12.6 Å². The molecule has 20 heavy (non-hydrogen) atoms. The highest BCUT2D eigenvalue weighted by molar-refractivity contribution is 5.77. The van der Waals surface area contributed by atoms with Gasteiger partial charge in [0.05, 0.1) is 17.1 Å². The summed E-state index contributed by atoms with van der Waals surface area (Å²) in [6.45, 7) is 4.73. The van der Waals surface area contributed by atoms with E-state index in [9.17, 15) is 0 Å². The number of rotatable bonds is 2. The van der Waals surface area contributed by atoms with Gasteiger partial charge in [-0.25, -0.2) is 0 Å². The van der Waals surface area contributed by atoms with Gasteiger partial charge < -0.3 is 15.5 Å². The fourth-order valence-corrected chi connectivity index (χ4v) is 3.17. The molecule has 1 unspecified atom stereocenters. The third kappa shape index (κ3) is 1.53. The van der Waals surface area contributed by atoms with Gasteiger partial charge in [0.15, 0.2) is 0 Å². The maximum absolute atomic E-state index is 3.89. The smallest absolute Gasteiger partial charge is 0.141 e. The van der Waals surface area contributed by atoms with Crippen molar-refractivity contribution < 1.29 is 0 Å². The average molecular weight is 263 g/mol. The minimum absolute atomic E-state index is 0.184. The van der Waals surface area contributed by atoms with Gasteiger partial charge in [-0.2, -0.15) is 0 Å². The van der Waals surface area contributed by atoms with E-state index < -0.39 is 0 Å². The lowest BCUT2D eigenvalue weighted by Crippen LogP contribution is -2.41. The van der Waals surface area contributed by atoms with Gasteiger partial charge >= 0.3 is 0 Å². The fourth-order valence-electron chi connectivity index (χ4n) is 3.17. The highest BCUT2D eigenvalue weighted by Gasteiger charge is 2.38. The minimum atomic E-state index is 0.184. The zero-order valence-corrected chi connectivity index (χ0v) is 11.3. The molecule has 1 aromatic carbocycles. The molecule has 2 heterocycles. The van der Waals surface area contributed by atoms with Crippen LogP contribution in [0.4, 0.5) is 11.4 Å². The second kappa shape index (κ2) is 4.30. The molecule has 1 aliphatic carbocycles. The van der Waals surface area contributed by atoms with Crippen molar-refractivity contribution in [1.29, 1.82) is 0 Å². The molecule has 0 amide bonds. The van der Waals surface area contributed by atoms with Gasteiger partial charge in [0.25, 0.3) is 0 Å². The largest absolute Gasteiger partial charge is 0.359 e. The monoisotopic (exact) mass is 263 g/mol. The summed E-state index contributed by atoms with van der Waals surface area (Å²) in [6.07, 6.45) is 9.68. The van der Waals surface area contributed by atoms with E-state index >= 15 is 0 Å². The number of allylic oxidation sites excluding steroid dienone is 4. The first kappa shape index (κ1) is 11.4. The number of nitrogens with one attached hydrogen (secondary N) is 2. The Labute approximate surface area is 119 Å². The van der Waals surface area contributed by atoms with Crippen LogP contribution in [0, 0.1) is 0 Å². The molecule has 0 radical (unpaired) electrons. The Morgan fingerprint density at radius 3 is 3.00 bits per heavy atom. The highest BCUT2D eigenvalue weighted by Crippen LogP contribution is 2.42. The van der Waals surface area contributed by atoms with Crippen LogP contribution < -0.4 is 10.6 Å². The molecule has 0 bridgehead atoms. The molecule has 0 saturated carbocycles. The molecule has 0 aromatic heterocycles. The highest BCUT2D eigenvalue weighted by atomic mass is 15.3. The Kier molecular flexibility index (Phi) is 2.46. The predicted octanol–water partition coefficient (Wildman–Crippen LogP) is 3.45. The first-order valence-electron chi connectivity index (χ1n) is 6.99. The van der Waals surface area contributed by atoms with Crippen molar-refractivity contribution in [3.63, 3.8) is 0 Å². The number of fused-ring (bicyclic) bond motifs is 3. The maximum Gasteiger partial charge on any atom is 0.141 e. The van der Waals surface area contributed by atoms with E-state index in [2.05, 4.69) is 64.6 Å². The second-order valence-electron chi connectivity index (χ2n) is 5.23. The summed E-state index contributed by atoms with van der Waals surface area (Å²) >= 11 is 0. The van der Waals surface area contributed by atoms with Crippen LogP contribution in [0.15, 0.2) is 72.1 Å². The summed E-state index contributed by atoms with van der Waals surface area (Å²) in [6, 6.07) is 8.36. The third-order valence-corrected chi connectivity index (χ3v) is 4.06. The SMILES string of the molecule is C=CCN1C2=CC=CCC2=C2Nc3ccccc3NC21. The Morgan fingerprint density at radius 2 is 2.15 bits per heavy atom. The number of hydrogen-bond acceptors (Lipinski definition) is 3. The third-order valence-electron chi connectivity index (χ3n) is 4.06. The summed E-state index contributed by atoms with van der Waals surface area (Å²) in [4.78, 5) is 2.37. The second-order valence-corrected chi connectivity index (χ2v) is 5.23. The van der Waals surface area contributed by atoms with E-state index in [1.54, 1.807) is 0 Å². The van der Waals surface area contributed by atoms with E-state index in [4.69, 9.17) is 0 Å². The molecule has 4 rings (SSSR count). The quantitative estimate of drug-likeness (QED) is 0.800. The lowest BCUT2D eigenvalue weighted by atomic mass is 10.0. The van der Waals surface area contributed by atoms with E-state index in [1.165, 1.54) is 17.0 Å². The zero-order chi connectivity index (χ0) is 13.5. The van der Waals surface area contributed by atoms with Crippen LogP contribution in [-0.2, 0) is 0 Å². The van der Waals surface area contributed by atoms with Crippen molar-refractivity contribution in [2.24, 2.45) is 0 Å². The molecule has 2 N–H and O–H groups in total. The molecule has 3 aliphatic rings. The lowest BCUT2D eigenvalue weighted by molar-refractivity contribution is 0.363. The molecule has 1 aromatic rings. The maximum atomic E-state index is 3.89. The molecule has 3 nitrogen and oxygen atoms in total. The van der Waals surface area contributed by atoms with Crippen LogP contribution in [0.5, 0.6) is 0 Å². The van der Waals surface area contributed by atoms with Gasteiger partial charge in [-0.05, 0) is 24.6 Å². The molecule has 0 fully saturated rings. The van der Waals surface area contributed by atoms with Crippen molar-refractivity contribution in [2.75, 3.05) is 17.2 Å². The molecule has 3 heteroatoms. The van der Waals surface area contributed by atoms with Gasteiger partial charge in [0.2, 0.25) is 0 Å². The Bertz CT molecular complexity index is 667. The van der Waals surface area contributed by atoms with Gasteiger partial charge in [-0.3, -0.25) is 0 Å². The van der Waals surface area contributed by atoms with Crippen LogP contribution in [0.25, 0.3) is 0 Å². The Hall–Kier alpha value is -2.42. The van der Waals surface area contributed by atoms with Crippen molar-refractivity contribution >= 4 is 11.4 Å². The fraction of sp³-hybridized carbons (Fsp3) is 0.176. The molecule has 0 saturated heterocycles. The van der Waals surface area contributed by atoms with Crippen LogP contribution in [-0.4, -0.2) is 17.6 Å². The van der Waals surface area contributed by atoms with Gasteiger partial charge in [0.1, 0.15) is 6.17 Å². The van der Waals surface area contributed by atoms with Crippen LogP contribution in [0.3, 0.4) is 0 Å². The number of benzene rings is 1. The van der Waals surface area contributed by atoms with Gasteiger partial charge in [0, 0.05) is 17.8 Å². The molecular weight excluding hydrogens is 246 g/mol. The predicted molar refractivity (Wildman–Crippen MR) is 83.2 cm³/mol. The summed E-state index contributed by atoms with van der Waals surface area (Å²) in [5.74, 6) is 0. The van der Waals surface area contributed by atoms with E-state index in [1.807, 2.05) is 6.08 Å². The first-order chi connectivity index (χ1) is 9.88. The summed E-state index contributed by atoms with van der Waals surface area (Å²) < 4.78 is 0. The zero-order valence-electron chi connectivity index (χ0n) is 11.3. The van der Waals surface area contributed by atoms with Crippen LogP contribution in [0.2, 0.25) is 0 Å². The number of hydrogen-bond donors (Lipinski definition) is 2. The van der Waals surface area contributed by atoms with Crippen LogP contribution in [0.1, 0.15) is 6.42 Å². The van der Waals surface area contributed by atoms with Gasteiger partial charge in [-0.15, -0.1) is 6.58 Å². The lowest BCUT2D eigenvalue weighted by Gasteiger charge is -2.34. The van der Waals surface area contributed by atoms with Gasteiger partial charge in [-0.1, -0.05) is 30.4 Å². The Morgan fingerprint density at radius 1 is 1.30 bits per heavy atom. The van der Waals surface area contributed by atoms with E-state index in [0.717, 1.165) is 24.3 Å². The van der Waals surface area contributed by atoms with Crippen molar-refractivity contribution in [3.05, 3.63) is 72.1 Å². The molecule has 1 atom stereocenters.